The monoisotopic (exact) mass is 890 g/mol. The molecule has 12 aromatic rings. The van der Waals surface area contributed by atoms with Crippen LogP contribution in [0.4, 0.5) is 51.7 Å². The van der Waals surface area contributed by atoms with Gasteiger partial charge in [0.05, 0.1) is 33.4 Å². The van der Waals surface area contributed by atoms with Crippen LogP contribution in [0.15, 0.2) is 231 Å². The van der Waals surface area contributed by atoms with E-state index in [1.54, 1.807) is 9.80 Å². The highest BCUT2D eigenvalue weighted by Crippen LogP contribution is 2.44. The number of hydrogen-bond donors (Lipinski definition) is 0. The second-order valence-corrected chi connectivity index (χ2v) is 16.7. The first kappa shape index (κ1) is 40.6. The first-order valence-electron chi connectivity index (χ1n) is 22.3. The molecule has 8 heteroatoms. The van der Waals surface area contributed by atoms with Crippen molar-refractivity contribution in [1.29, 1.82) is 0 Å². The molecule has 2 heterocycles. The Bertz CT molecular complexity index is 3590. The number of aromatic nitrogens is 2. The molecule has 0 atom stereocenters. The largest absolute Gasteiger partial charge is 0.309 e. The average molecular weight is 891 g/mol. The third kappa shape index (κ3) is 6.93. The lowest BCUT2D eigenvalue weighted by atomic mass is 10.0. The van der Waals surface area contributed by atoms with E-state index < -0.39 is 23.3 Å². The summed E-state index contributed by atoms with van der Waals surface area (Å²) in [6, 6.07) is 70.9. The predicted octanol–water partition coefficient (Wildman–Crippen LogP) is 17.0. The van der Waals surface area contributed by atoms with Gasteiger partial charge in [-0.15, -0.1) is 0 Å². The van der Waals surface area contributed by atoms with Crippen molar-refractivity contribution in [3.8, 4) is 22.5 Å². The van der Waals surface area contributed by atoms with Crippen LogP contribution in [0.1, 0.15) is 0 Å². The Balaban J connectivity index is 0.931. The molecular formula is C60H38F4N4. The molecule has 2 aromatic heterocycles. The van der Waals surface area contributed by atoms with Gasteiger partial charge in [0, 0.05) is 67.8 Å². The molecule has 0 amide bonds. The highest BCUT2D eigenvalue weighted by atomic mass is 19.1. The van der Waals surface area contributed by atoms with E-state index in [9.17, 15) is 8.78 Å². The van der Waals surface area contributed by atoms with Crippen molar-refractivity contribution in [3.05, 3.63) is 254 Å². The highest BCUT2D eigenvalue weighted by Gasteiger charge is 2.23. The van der Waals surface area contributed by atoms with Gasteiger partial charge in [0.1, 0.15) is 23.3 Å². The SMILES string of the molecule is Fc1ccc(F)c(N(c2ccc(-c3ccc(N(c4ccc5c(c4)c4ccccc4n5-c4ccccc4)c4cc(F)ccc4F)cc3)cc2)c2ccc3c(c2)c2ccccc2n3-c2ccccc2)c1. The Kier molecular flexibility index (Phi) is 9.87. The molecule has 0 aliphatic heterocycles. The summed E-state index contributed by atoms with van der Waals surface area (Å²) in [4.78, 5) is 3.47. The number of para-hydroxylation sites is 4. The molecule has 0 bridgehead atoms. The summed E-state index contributed by atoms with van der Waals surface area (Å²) in [5.41, 5.74) is 10.5. The van der Waals surface area contributed by atoms with Crippen molar-refractivity contribution < 1.29 is 17.6 Å². The van der Waals surface area contributed by atoms with Crippen LogP contribution in [0.3, 0.4) is 0 Å². The lowest BCUT2D eigenvalue weighted by molar-refractivity contribution is 0.601. The van der Waals surface area contributed by atoms with E-state index in [1.807, 2.05) is 146 Å². The number of benzene rings is 10. The maximum absolute atomic E-state index is 15.9. The number of rotatable bonds is 9. The number of nitrogens with zero attached hydrogens (tertiary/aromatic N) is 4. The van der Waals surface area contributed by atoms with Crippen molar-refractivity contribution >= 4 is 77.7 Å². The number of fused-ring (bicyclic) bond motifs is 6. The molecule has 0 N–H and O–H groups in total. The molecule has 0 saturated heterocycles. The van der Waals surface area contributed by atoms with E-state index in [2.05, 4.69) is 57.7 Å². The van der Waals surface area contributed by atoms with Crippen molar-refractivity contribution in [3.63, 3.8) is 0 Å². The Morgan fingerprint density at radius 1 is 0.279 bits per heavy atom. The molecule has 4 nitrogen and oxygen atoms in total. The van der Waals surface area contributed by atoms with E-state index in [4.69, 9.17) is 0 Å². The maximum atomic E-state index is 15.9. The molecule has 12 rings (SSSR count). The van der Waals surface area contributed by atoms with Crippen molar-refractivity contribution in [2.75, 3.05) is 9.80 Å². The topological polar surface area (TPSA) is 16.3 Å². The number of anilines is 6. The van der Waals surface area contributed by atoms with Gasteiger partial charge < -0.3 is 18.9 Å². The minimum Gasteiger partial charge on any atom is -0.309 e. The summed E-state index contributed by atoms with van der Waals surface area (Å²) in [6.45, 7) is 0. The van der Waals surface area contributed by atoms with Crippen LogP contribution in [0, 0.1) is 23.3 Å². The standard InChI is InChI=1S/C60H38F4N4/c61-41-23-31-53(63)59(35-41)65(47-29-33-57-51(37-47)49-15-7-9-17-55(49)67(57)43-11-3-1-4-12-43)45-25-19-39(20-26-45)40-21-27-46(28-22-40)66(60-36-42(62)24-32-54(60)64)48-30-34-58-52(38-48)50-16-8-10-18-56(50)68(58)44-13-5-2-6-14-44/h1-38H. The predicted molar refractivity (Wildman–Crippen MR) is 270 cm³/mol. The first-order chi connectivity index (χ1) is 33.4. The van der Waals surface area contributed by atoms with Gasteiger partial charge in [-0.2, -0.15) is 0 Å². The molecule has 0 aliphatic carbocycles. The zero-order chi connectivity index (χ0) is 45.9. The molecule has 0 radical (unpaired) electrons. The third-order valence-electron chi connectivity index (χ3n) is 12.7. The van der Waals surface area contributed by atoms with Crippen LogP contribution >= 0.6 is 0 Å². The maximum Gasteiger partial charge on any atom is 0.147 e. The third-order valence-corrected chi connectivity index (χ3v) is 12.7. The van der Waals surface area contributed by atoms with Crippen LogP contribution in [-0.4, -0.2) is 9.13 Å². The average Bonchev–Trinajstić information content (AvgIpc) is 3.89. The van der Waals surface area contributed by atoms with Crippen LogP contribution in [0.2, 0.25) is 0 Å². The molecule has 0 spiro atoms. The number of halogens is 4. The Labute approximate surface area is 389 Å². The number of hydrogen-bond acceptors (Lipinski definition) is 2. The van der Waals surface area contributed by atoms with Crippen LogP contribution in [0.5, 0.6) is 0 Å². The molecule has 326 valence electrons. The van der Waals surface area contributed by atoms with E-state index in [0.717, 1.165) is 90.4 Å². The summed E-state index contributed by atoms with van der Waals surface area (Å²) < 4.78 is 66.1. The molecule has 0 aliphatic rings. The fraction of sp³-hybridized carbons (Fsp3) is 0. The van der Waals surface area contributed by atoms with Crippen molar-refractivity contribution in [2.45, 2.75) is 0 Å². The van der Waals surface area contributed by atoms with Gasteiger partial charge in [0.25, 0.3) is 0 Å². The lowest BCUT2D eigenvalue weighted by Gasteiger charge is -2.27. The van der Waals surface area contributed by atoms with Crippen molar-refractivity contribution in [2.24, 2.45) is 0 Å². The zero-order valence-corrected chi connectivity index (χ0v) is 36.2. The van der Waals surface area contributed by atoms with Gasteiger partial charge in [-0.3, -0.25) is 0 Å². The van der Waals surface area contributed by atoms with Gasteiger partial charge in [-0.1, -0.05) is 97.1 Å². The normalized spacial score (nSPS) is 11.5. The minimum atomic E-state index is -0.571. The van der Waals surface area contributed by atoms with Crippen LogP contribution in [-0.2, 0) is 0 Å². The second kappa shape index (κ2) is 16.5. The summed E-state index contributed by atoms with van der Waals surface area (Å²) in [7, 11) is 0. The quantitative estimate of drug-likeness (QED) is 0.134. The van der Waals surface area contributed by atoms with Gasteiger partial charge >= 0.3 is 0 Å². The Hall–Kier alpha value is -8.88. The fourth-order valence-corrected chi connectivity index (χ4v) is 9.69. The molecule has 68 heavy (non-hydrogen) atoms. The highest BCUT2D eigenvalue weighted by molar-refractivity contribution is 6.12. The molecule has 0 fully saturated rings. The first-order valence-corrected chi connectivity index (χ1v) is 22.3. The van der Waals surface area contributed by atoms with E-state index >= 15 is 8.78 Å². The Morgan fingerprint density at radius 2 is 0.632 bits per heavy atom. The zero-order valence-electron chi connectivity index (χ0n) is 36.2. The summed E-state index contributed by atoms with van der Waals surface area (Å²) in [6.07, 6.45) is 0. The second-order valence-electron chi connectivity index (χ2n) is 16.7. The van der Waals surface area contributed by atoms with Gasteiger partial charge in [-0.25, -0.2) is 17.6 Å². The van der Waals surface area contributed by atoms with Gasteiger partial charge in [-0.05, 0) is 132 Å². The van der Waals surface area contributed by atoms with Gasteiger partial charge in [0.15, 0.2) is 0 Å². The van der Waals surface area contributed by atoms with Crippen LogP contribution < -0.4 is 9.80 Å². The fourth-order valence-electron chi connectivity index (χ4n) is 9.69. The van der Waals surface area contributed by atoms with E-state index in [-0.39, 0.29) is 11.4 Å². The molecule has 0 unspecified atom stereocenters. The van der Waals surface area contributed by atoms with E-state index in [1.165, 1.54) is 12.1 Å². The summed E-state index contributed by atoms with van der Waals surface area (Å²) in [5.74, 6) is -2.26. The summed E-state index contributed by atoms with van der Waals surface area (Å²) in [5, 5.41) is 3.99. The molecular weight excluding hydrogens is 853 g/mol. The van der Waals surface area contributed by atoms with Gasteiger partial charge in [0.2, 0.25) is 0 Å². The molecule has 10 aromatic carbocycles. The Morgan fingerprint density at radius 3 is 1.04 bits per heavy atom. The molecule has 0 saturated carbocycles. The van der Waals surface area contributed by atoms with Crippen LogP contribution in [0.25, 0.3) is 66.1 Å². The lowest BCUT2D eigenvalue weighted by Crippen LogP contribution is -2.12. The smallest absolute Gasteiger partial charge is 0.147 e. The van der Waals surface area contributed by atoms with Crippen molar-refractivity contribution in [1.82, 2.24) is 9.13 Å². The van der Waals surface area contributed by atoms with E-state index in [0.29, 0.717) is 22.7 Å². The minimum absolute atomic E-state index is 0.0701. The summed E-state index contributed by atoms with van der Waals surface area (Å²) >= 11 is 0.